The Morgan fingerprint density at radius 3 is 2.89 bits per heavy atom. The summed E-state index contributed by atoms with van der Waals surface area (Å²) in [6, 6.07) is 11.6. The van der Waals surface area contributed by atoms with Crippen LogP contribution in [0.2, 0.25) is 0 Å². The molecule has 0 saturated carbocycles. The average Bonchev–Trinajstić information content (AvgIpc) is 2.67. The molecule has 0 aliphatic carbocycles. The van der Waals surface area contributed by atoms with Crippen molar-refractivity contribution in [2.24, 2.45) is 0 Å². The van der Waals surface area contributed by atoms with Crippen LogP contribution in [0.5, 0.6) is 0 Å². The van der Waals surface area contributed by atoms with Gasteiger partial charge in [0.1, 0.15) is 5.82 Å². The number of benzene rings is 2. The van der Waals surface area contributed by atoms with E-state index >= 15 is 0 Å². The van der Waals surface area contributed by atoms with Gasteiger partial charge in [0.05, 0.1) is 6.61 Å². The van der Waals surface area contributed by atoms with Crippen molar-refractivity contribution in [2.75, 3.05) is 30.4 Å². The molecule has 1 aliphatic rings. The van der Waals surface area contributed by atoms with Crippen molar-refractivity contribution in [3.63, 3.8) is 0 Å². The molecule has 1 aliphatic heterocycles. The van der Waals surface area contributed by atoms with Crippen LogP contribution in [0.25, 0.3) is 0 Å². The zero-order chi connectivity index (χ0) is 19.2. The quantitative estimate of drug-likeness (QED) is 0.737. The number of ether oxygens (including phenoxy) is 1. The number of carbonyl (C=O) groups is 1. The number of hydrogen-bond donors (Lipinski definition) is 1. The van der Waals surface area contributed by atoms with Crippen molar-refractivity contribution in [1.82, 2.24) is 0 Å². The molecular weight excluding hydrogens is 343 g/mol. The Kier molecular flexibility index (Phi) is 6.32. The molecular formula is C22H27FN2O2. The van der Waals surface area contributed by atoms with Gasteiger partial charge in [0, 0.05) is 37.9 Å². The summed E-state index contributed by atoms with van der Waals surface area (Å²) in [5.41, 5.74) is 5.22. The standard InChI is InChI=1S/C22H27FN2O2/c1-3-27-22(26)12-10-16-9-11-18(14-20(16)23)25(2)15-17-6-4-8-21-19(17)7-5-13-24-21/h4,6,8-9,11,14,24H,3,5,7,10,12-13,15H2,1-2H3. The molecule has 0 bridgehead atoms. The van der Waals surface area contributed by atoms with Gasteiger partial charge >= 0.3 is 5.97 Å². The van der Waals surface area contributed by atoms with Gasteiger partial charge in [0.2, 0.25) is 0 Å². The summed E-state index contributed by atoms with van der Waals surface area (Å²) in [6.45, 7) is 3.87. The van der Waals surface area contributed by atoms with Crippen LogP contribution in [0.15, 0.2) is 36.4 Å². The lowest BCUT2D eigenvalue weighted by Crippen LogP contribution is -2.20. The number of nitrogens with zero attached hydrogens (tertiary/aromatic N) is 1. The van der Waals surface area contributed by atoms with Crippen molar-refractivity contribution in [3.8, 4) is 0 Å². The Labute approximate surface area is 160 Å². The third-order valence-corrected chi connectivity index (χ3v) is 4.98. The van der Waals surface area contributed by atoms with E-state index in [9.17, 15) is 9.18 Å². The molecule has 1 heterocycles. The van der Waals surface area contributed by atoms with Crippen LogP contribution in [-0.2, 0) is 28.9 Å². The van der Waals surface area contributed by atoms with Crippen LogP contribution in [0.3, 0.4) is 0 Å². The third kappa shape index (κ3) is 4.79. The van der Waals surface area contributed by atoms with E-state index in [1.807, 2.05) is 13.1 Å². The Bertz CT molecular complexity index is 807. The highest BCUT2D eigenvalue weighted by atomic mass is 19.1. The normalized spacial score (nSPS) is 12.9. The highest BCUT2D eigenvalue weighted by Gasteiger charge is 2.15. The Morgan fingerprint density at radius 2 is 2.11 bits per heavy atom. The first-order valence-electron chi connectivity index (χ1n) is 9.58. The average molecular weight is 370 g/mol. The smallest absolute Gasteiger partial charge is 0.306 e. The van der Waals surface area contributed by atoms with Crippen LogP contribution in [0.1, 0.15) is 36.5 Å². The second-order valence-corrected chi connectivity index (χ2v) is 6.91. The SMILES string of the molecule is CCOC(=O)CCc1ccc(N(C)Cc2cccc3c2CCCN3)cc1F. The number of halogens is 1. The molecule has 0 spiro atoms. The number of esters is 1. The van der Waals surface area contributed by atoms with Crippen molar-refractivity contribution in [3.05, 3.63) is 58.9 Å². The number of nitrogens with one attached hydrogen (secondary N) is 1. The highest BCUT2D eigenvalue weighted by molar-refractivity contribution is 5.69. The summed E-state index contributed by atoms with van der Waals surface area (Å²) < 4.78 is 19.4. The lowest BCUT2D eigenvalue weighted by Gasteiger charge is -2.25. The summed E-state index contributed by atoms with van der Waals surface area (Å²) >= 11 is 0. The molecule has 5 heteroatoms. The van der Waals surface area contributed by atoms with Gasteiger partial charge in [-0.2, -0.15) is 0 Å². The number of fused-ring (bicyclic) bond motifs is 1. The molecule has 2 aromatic rings. The van der Waals surface area contributed by atoms with Crippen LogP contribution < -0.4 is 10.2 Å². The van der Waals surface area contributed by atoms with E-state index < -0.39 is 0 Å². The molecule has 0 saturated heterocycles. The first kappa shape index (κ1) is 19.2. The lowest BCUT2D eigenvalue weighted by molar-refractivity contribution is -0.143. The van der Waals surface area contributed by atoms with Crippen LogP contribution in [-0.4, -0.2) is 26.2 Å². The second-order valence-electron chi connectivity index (χ2n) is 6.91. The Balaban J connectivity index is 1.68. The van der Waals surface area contributed by atoms with E-state index in [2.05, 4.69) is 28.4 Å². The monoisotopic (exact) mass is 370 g/mol. The second kappa shape index (κ2) is 8.89. The fourth-order valence-corrected chi connectivity index (χ4v) is 3.52. The summed E-state index contributed by atoms with van der Waals surface area (Å²) in [4.78, 5) is 13.5. The van der Waals surface area contributed by atoms with Gasteiger partial charge in [-0.3, -0.25) is 4.79 Å². The molecule has 0 amide bonds. The lowest BCUT2D eigenvalue weighted by atomic mass is 9.97. The summed E-state index contributed by atoms with van der Waals surface area (Å²) in [6.07, 6.45) is 2.76. The van der Waals surface area contributed by atoms with Gasteiger partial charge in [-0.05, 0) is 61.1 Å². The third-order valence-electron chi connectivity index (χ3n) is 4.98. The fraction of sp³-hybridized carbons (Fsp3) is 0.409. The number of rotatable bonds is 7. The minimum atomic E-state index is -0.291. The van der Waals surface area contributed by atoms with Gasteiger partial charge in [-0.1, -0.05) is 18.2 Å². The van der Waals surface area contributed by atoms with Gasteiger partial charge in [-0.25, -0.2) is 4.39 Å². The minimum Gasteiger partial charge on any atom is -0.466 e. The maximum atomic E-state index is 14.5. The maximum Gasteiger partial charge on any atom is 0.306 e. The molecule has 0 atom stereocenters. The molecule has 0 unspecified atom stereocenters. The Morgan fingerprint density at radius 1 is 1.26 bits per heavy atom. The summed E-state index contributed by atoms with van der Waals surface area (Å²) in [5, 5.41) is 3.45. The molecule has 4 nitrogen and oxygen atoms in total. The van der Waals surface area contributed by atoms with Gasteiger partial charge in [0.15, 0.2) is 0 Å². The molecule has 1 N–H and O–H groups in total. The predicted octanol–water partition coefficient (Wildman–Crippen LogP) is 4.32. The van der Waals surface area contributed by atoms with Crippen LogP contribution in [0, 0.1) is 5.82 Å². The first-order valence-corrected chi connectivity index (χ1v) is 9.58. The molecule has 0 fully saturated rings. The van der Waals surface area contributed by atoms with E-state index in [-0.39, 0.29) is 18.2 Å². The first-order chi connectivity index (χ1) is 13.1. The molecule has 3 rings (SSSR count). The largest absolute Gasteiger partial charge is 0.466 e. The van der Waals surface area contributed by atoms with E-state index in [4.69, 9.17) is 4.74 Å². The fourth-order valence-electron chi connectivity index (χ4n) is 3.52. The highest BCUT2D eigenvalue weighted by Crippen LogP contribution is 2.28. The molecule has 0 aromatic heterocycles. The Hall–Kier alpha value is -2.56. The molecule has 144 valence electrons. The van der Waals surface area contributed by atoms with Crippen molar-refractivity contribution in [2.45, 2.75) is 39.2 Å². The number of hydrogen-bond acceptors (Lipinski definition) is 4. The van der Waals surface area contributed by atoms with Gasteiger partial charge < -0.3 is 15.0 Å². The van der Waals surface area contributed by atoms with Crippen molar-refractivity contribution >= 4 is 17.3 Å². The zero-order valence-electron chi connectivity index (χ0n) is 16.1. The van der Waals surface area contributed by atoms with Crippen LogP contribution in [0.4, 0.5) is 15.8 Å². The minimum absolute atomic E-state index is 0.198. The van der Waals surface area contributed by atoms with Crippen molar-refractivity contribution < 1.29 is 13.9 Å². The summed E-state index contributed by atoms with van der Waals surface area (Å²) in [7, 11) is 1.97. The van der Waals surface area contributed by atoms with Crippen LogP contribution >= 0.6 is 0 Å². The van der Waals surface area contributed by atoms with Gasteiger partial charge in [-0.15, -0.1) is 0 Å². The van der Waals surface area contributed by atoms with E-state index in [1.165, 1.54) is 16.8 Å². The van der Waals surface area contributed by atoms with Crippen molar-refractivity contribution in [1.29, 1.82) is 0 Å². The maximum absolute atomic E-state index is 14.5. The molecule has 2 aromatic carbocycles. The molecule has 0 radical (unpaired) electrons. The van der Waals surface area contributed by atoms with E-state index in [1.54, 1.807) is 19.1 Å². The molecule has 27 heavy (non-hydrogen) atoms. The predicted molar refractivity (Wildman–Crippen MR) is 107 cm³/mol. The number of anilines is 2. The summed E-state index contributed by atoms with van der Waals surface area (Å²) in [5.74, 6) is -0.569. The number of carbonyl (C=O) groups excluding carboxylic acids is 1. The van der Waals surface area contributed by atoms with Gasteiger partial charge in [0.25, 0.3) is 0 Å². The topological polar surface area (TPSA) is 41.6 Å². The zero-order valence-corrected chi connectivity index (χ0v) is 16.1. The van der Waals surface area contributed by atoms with E-state index in [0.29, 0.717) is 18.6 Å². The number of aryl methyl sites for hydroxylation is 1. The van der Waals surface area contributed by atoms with E-state index in [0.717, 1.165) is 31.6 Å².